The van der Waals surface area contributed by atoms with Crippen LogP contribution in [0.15, 0.2) is 71.5 Å². The van der Waals surface area contributed by atoms with Gasteiger partial charge in [0, 0.05) is 22.3 Å². The molecule has 48 heavy (non-hydrogen) atoms. The Morgan fingerprint density at radius 1 is 0.771 bits per heavy atom. The van der Waals surface area contributed by atoms with Crippen LogP contribution in [0.1, 0.15) is 16.1 Å². The van der Waals surface area contributed by atoms with Crippen molar-refractivity contribution in [2.45, 2.75) is 6.61 Å². The number of hydrogen-bond donors (Lipinski definition) is 1. The molecule has 0 amide bonds. The lowest BCUT2D eigenvalue weighted by molar-refractivity contribution is 0.0591. The fourth-order valence-electron chi connectivity index (χ4n) is 5.55. The lowest BCUT2D eigenvalue weighted by atomic mass is 9.95. The van der Waals surface area contributed by atoms with E-state index in [9.17, 15) is 9.59 Å². The maximum absolute atomic E-state index is 14.5. The van der Waals surface area contributed by atoms with Crippen molar-refractivity contribution in [2.24, 2.45) is 0 Å². The summed E-state index contributed by atoms with van der Waals surface area (Å²) in [6.45, 7) is 0.297. The molecule has 5 aromatic rings. The van der Waals surface area contributed by atoms with Crippen LogP contribution in [0.5, 0.6) is 40.2 Å². The number of nitrogens with two attached hydrogens (primary N) is 1. The van der Waals surface area contributed by atoms with E-state index in [1.54, 1.807) is 48.5 Å². The lowest BCUT2D eigenvalue weighted by Crippen LogP contribution is -2.27. The second-order valence-corrected chi connectivity index (χ2v) is 10.4. The first kappa shape index (κ1) is 33.6. The van der Waals surface area contributed by atoms with E-state index >= 15 is 0 Å². The number of esters is 1. The van der Waals surface area contributed by atoms with Crippen LogP contribution in [0.25, 0.3) is 27.6 Å². The van der Waals surface area contributed by atoms with Crippen molar-refractivity contribution in [3.63, 3.8) is 0 Å². The number of carbonyl (C=O) groups excluding carboxylic acids is 1. The average Bonchev–Trinajstić information content (AvgIpc) is 3.58. The van der Waals surface area contributed by atoms with E-state index in [1.165, 1.54) is 40.1 Å². The third-order valence-electron chi connectivity index (χ3n) is 7.78. The molecule has 0 aliphatic carbocycles. The van der Waals surface area contributed by atoms with Crippen LogP contribution < -0.4 is 44.5 Å². The number of methoxy groups -OCH3 is 5. The molecule has 0 fully saturated rings. The van der Waals surface area contributed by atoms with Gasteiger partial charge in [0.05, 0.1) is 40.9 Å². The van der Waals surface area contributed by atoms with Crippen molar-refractivity contribution in [2.75, 3.05) is 48.1 Å². The smallest absolute Gasteiger partial charge is 0.355 e. The van der Waals surface area contributed by atoms with E-state index in [4.69, 9.17) is 43.6 Å². The lowest BCUT2D eigenvalue weighted by Gasteiger charge is -2.21. The van der Waals surface area contributed by atoms with E-state index in [1.807, 2.05) is 18.2 Å². The molecule has 0 bridgehead atoms. The largest absolute Gasteiger partial charge is 0.493 e. The Morgan fingerprint density at radius 3 is 2.04 bits per heavy atom. The van der Waals surface area contributed by atoms with Crippen molar-refractivity contribution in [3.8, 4) is 57.1 Å². The minimum Gasteiger partial charge on any atom is -0.493 e. The standard InChI is InChI=1S/C35H32N2O10.ClH/c1-40-26-15-23-24(16-28(26)45-17-19-6-11-25-27(12-19)47-18-46-25)34(38)37(22-9-7-21(36)8-10-22)32(35(39)44-5)31(23)20-13-29(41-2)33(43-4)30(14-20)42-3;/h6-16H,17-18,36H2,1-5H3;1H. The second kappa shape index (κ2) is 13.9. The molecule has 0 saturated heterocycles. The normalized spacial score (nSPS) is 11.4. The minimum atomic E-state index is -0.758. The summed E-state index contributed by atoms with van der Waals surface area (Å²) in [5.74, 6) is 2.18. The molecule has 2 heterocycles. The summed E-state index contributed by atoms with van der Waals surface area (Å²) in [4.78, 5) is 28.2. The number of nitrogens with zero attached hydrogens (tertiary/aromatic N) is 1. The highest BCUT2D eigenvalue weighted by molar-refractivity contribution is 6.08. The Bertz CT molecular complexity index is 2040. The number of benzene rings is 4. The summed E-state index contributed by atoms with van der Waals surface area (Å²) in [6, 6.07) is 18.7. The fraction of sp³-hybridized carbons (Fsp3) is 0.200. The van der Waals surface area contributed by atoms with Gasteiger partial charge in [0.25, 0.3) is 5.56 Å². The van der Waals surface area contributed by atoms with Gasteiger partial charge < -0.3 is 43.6 Å². The molecule has 1 aromatic heterocycles. The number of aromatic nitrogens is 1. The highest BCUT2D eigenvalue weighted by Gasteiger charge is 2.28. The third kappa shape index (κ3) is 5.93. The van der Waals surface area contributed by atoms with Gasteiger partial charge in [-0.25, -0.2) is 4.79 Å². The van der Waals surface area contributed by atoms with Crippen LogP contribution in [0.2, 0.25) is 0 Å². The summed E-state index contributed by atoms with van der Waals surface area (Å²) in [5, 5.41) is 0.628. The number of pyridine rings is 1. The summed E-state index contributed by atoms with van der Waals surface area (Å²) in [7, 11) is 7.21. The molecule has 0 saturated carbocycles. The molecule has 0 unspecified atom stereocenters. The molecule has 13 heteroatoms. The number of hydrogen-bond acceptors (Lipinski definition) is 11. The first-order valence-corrected chi connectivity index (χ1v) is 14.4. The van der Waals surface area contributed by atoms with E-state index in [0.29, 0.717) is 68.1 Å². The molecular weight excluding hydrogens is 644 g/mol. The van der Waals surface area contributed by atoms with Gasteiger partial charge in [-0.15, -0.1) is 12.4 Å². The van der Waals surface area contributed by atoms with Crippen LogP contribution in [0.4, 0.5) is 5.69 Å². The second-order valence-electron chi connectivity index (χ2n) is 10.4. The van der Waals surface area contributed by atoms with Crippen molar-refractivity contribution in [1.82, 2.24) is 4.57 Å². The summed E-state index contributed by atoms with van der Waals surface area (Å²) < 4.78 is 46.2. The van der Waals surface area contributed by atoms with Crippen molar-refractivity contribution < 1.29 is 42.7 Å². The zero-order valence-electron chi connectivity index (χ0n) is 26.8. The molecule has 4 aromatic carbocycles. The highest BCUT2D eigenvalue weighted by atomic mass is 35.5. The maximum Gasteiger partial charge on any atom is 0.355 e. The number of anilines is 1. The Morgan fingerprint density at radius 2 is 1.42 bits per heavy atom. The van der Waals surface area contributed by atoms with E-state index in [-0.39, 0.29) is 36.9 Å². The first-order valence-electron chi connectivity index (χ1n) is 14.4. The van der Waals surface area contributed by atoms with Gasteiger partial charge in [-0.05, 0) is 71.8 Å². The Hall–Kier alpha value is -5.75. The molecule has 0 spiro atoms. The molecule has 1 aliphatic rings. The Balaban J connectivity index is 0.00000451. The predicted octanol–water partition coefficient (Wildman–Crippen LogP) is 5.79. The van der Waals surface area contributed by atoms with Crippen LogP contribution >= 0.6 is 12.4 Å². The van der Waals surface area contributed by atoms with E-state index < -0.39 is 11.5 Å². The van der Waals surface area contributed by atoms with Crippen molar-refractivity contribution >= 4 is 34.8 Å². The molecule has 0 atom stereocenters. The SMILES string of the molecule is COC(=O)c1c(-c2cc(OC)c(OC)c(OC)c2)c2cc(OC)c(OCc3ccc4c(c3)OCO4)cc2c(=O)n1-c1ccc(N)cc1.Cl. The number of fused-ring (bicyclic) bond motifs is 2. The quantitative estimate of drug-likeness (QED) is 0.142. The van der Waals surface area contributed by atoms with Gasteiger partial charge in [0.1, 0.15) is 12.3 Å². The number of halogens is 1. The molecule has 250 valence electrons. The fourth-order valence-corrected chi connectivity index (χ4v) is 5.55. The van der Waals surface area contributed by atoms with Gasteiger partial charge in [-0.1, -0.05) is 6.07 Å². The average molecular weight is 677 g/mol. The van der Waals surface area contributed by atoms with Crippen LogP contribution in [0.3, 0.4) is 0 Å². The summed E-state index contributed by atoms with van der Waals surface area (Å²) >= 11 is 0. The van der Waals surface area contributed by atoms with Gasteiger partial charge in [-0.3, -0.25) is 9.36 Å². The maximum atomic E-state index is 14.5. The van der Waals surface area contributed by atoms with Crippen LogP contribution in [-0.2, 0) is 11.3 Å². The Labute approximate surface area is 281 Å². The summed E-state index contributed by atoms with van der Waals surface area (Å²) in [5.41, 5.74) is 7.94. The van der Waals surface area contributed by atoms with Crippen molar-refractivity contribution in [1.29, 1.82) is 0 Å². The first-order chi connectivity index (χ1) is 22.8. The van der Waals surface area contributed by atoms with Crippen LogP contribution in [0, 0.1) is 0 Å². The molecular formula is C35H33ClN2O10. The number of ether oxygens (including phenoxy) is 8. The van der Waals surface area contributed by atoms with Gasteiger partial charge in [-0.2, -0.15) is 0 Å². The molecule has 2 N–H and O–H groups in total. The van der Waals surface area contributed by atoms with Gasteiger partial charge in [0.2, 0.25) is 12.5 Å². The molecule has 12 nitrogen and oxygen atoms in total. The number of rotatable bonds is 10. The Kier molecular flexibility index (Phi) is 9.76. The third-order valence-corrected chi connectivity index (χ3v) is 7.78. The number of nitrogen functional groups attached to an aromatic ring is 1. The highest BCUT2D eigenvalue weighted by Crippen LogP contribution is 2.45. The zero-order chi connectivity index (χ0) is 33.2. The predicted molar refractivity (Wildman–Crippen MR) is 181 cm³/mol. The van der Waals surface area contributed by atoms with Gasteiger partial charge >= 0.3 is 5.97 Å². The van der Waals surface area contributed by atoms with Crippen LogP contribution in [-0.4, -0.2) is 52.9 Å². The molecule has 0 radical (unpaired) electrons. The monoisotopic (exact) mass is 676 g/mol. The van der Waals surface area contributed by atoms with Crippen molar-refractivity contribution in [3.05, 3.63) is 88.3 Å². The molecule has 6 rings (SSSR count). The van der Waals surface area contributed by atoms with E-state index in [0.717, 1.165) is 5.56 Å². The van der Waals surface area contributed by atoms with Gasteiger partial charge in [0.15, 0.2) is 34.5 Å². The molecule has 1 aliphatic heterocycles. The summed E-state index contributed by atoms with van der Waals surface area (Å²) in [6.07, 6.45) is 0. The zero-order valence-corrected chi connectivity index (χ0v) is 27.6. The van der Waals surface area contributed by atoms with E-state index in [2.05, 4.69) is 0 Å². The number of carbonyl (C=O) groups is 1. The minimum absolute atomic E-state index is 0. The topological polar surface area (TPSA) is 139 Å².